The number of nitrogens with zero attached hydrogens (tertiary/aromatic N) is 2. The quantitative estimate of drug-likeness (QED) is 0.586. The van der Waals surface area contributed by atoms with E-state index in [1.54, 1.807) is 12.1 Å². The highest BCUT2D eigenvalue weighted by molar-refractivity contribution is 8.01. The Morgan fingerprint density at radius 2 is 2.00 bits per heavy atom. The number of amides is 1. The van der Waals surface area contributed by atoms with Gasteiger partial charge in [-0.3, -0.25) is 4.79 Å². The Hall–Kier alpha value is -2.13. The molecule has 0 atom stereocenters. The first-order valence-corrected chi connectivity index (χ1v) is 9.17. The van der Waals surface area contributed by atoms with Crippen LogP contribution in [0.2, 0.25) is 0 Å². The molecule has 128 valence electrons. The van der Waals surface area contributed by atoms with E-state index in [0.29, 0.717) is 6.54 Å². The summed E-state index contributed by atoms with van der Waals surface area (Å²) in [4.78, 5) is 22.6. The van der Waals surface area contributed by atoms with Gasteiger partial charge in [-0.25, -0.2) is 4.79 Å². The van der Waals surface area contributed by atoms with Gasteiger partial charge in [0.1, 0.15) is 0 Å². The van der Waals surface area contributed by atoms with E-state index in [1.165, 1.54) is 35.2 Å². The number of carbonyl (C=O) groups is 2. The molecule has 0 aliphatic rings. The summed E-state index contributed by atoms with van der Waals surface area (Å²) in [5, 5.41) is 23.6. The van der Waals surface area contributed by atoms with Gasteiger partial charge in [0.25, 0.3) is 0 Å². The van der Waals surface area contributed by atoms with Crippen molar-refractivity contribution >= 4 is 40.1 Å². The smallest absolute Gasteiger partial charge is 0.335 e. The van der Waals surface area contributed by atoms with Crippen LogP contribution in [0.1, 0.15) is 29.3 Å². The van der Waals surface area contributed by atoms with Gasteiger partial charge in [0.2, 0.25) is 11.0 Å². The normalized spacial score (nSPS) is 10.4. The first kappa shape index (κ1) is 18.2. The Labute approximate surface area is 147 Å². The molecule has 7 nitrogen and oxygen atoms in total. The lowest BCUT2D eigenvalue weighted by molar-refractivity contribution is -0.118. The largest absolute Gasteiger partial charge is 0.478 e. The van der Waals surface area contributed by atoms with Crippen LogP contribution in [0.5, 0.6) is 0 Å². The summed E-state index contributed by atoms with van der Waals surface area (Å²) in [5.41, 5.74) is 1.07. The first-order chi connectivity index (χ1) is 11.6. The summed E-state index contributed by atoms with van der Waals surface area (Å²) < 4.78 is 0.745. The maximum atomic E-state index is 11.9. The van der Waals surface area contributed by atoms with Gasteiger partial charge in [0.15, 0.2) is 4.34 Å². The van der Waals surface area contributed by atoms with Crippen molar-refractivity contribution in [1.29, 1.82) is 0 Å². The Kier molecular flexibility index (Phi) is 7.01. The van der Waals surface area contributed by atoms with E-state index < -0.39 is 5.97 Å². The van der Waals surface area contributed by atoms with Crippen molar-refractivity contribution in [3.8, 4) is 0 Å². The number of carboxylic acids is 1. The topological polar surface area (TPSA) is 104 Å². The molecule has 1 aromatic carbocycles. The molecule has 1 heterocycles. The van der Waals surface area contributed by atoms with Gasteiger partial charge in [0.05, 0.1) is 11.3 Å². The average Bonchev–Trinajstić information content (AvgIpc) is 3.04. The molecule has 24 heavy (non-hydrogen) atoms. The zero-order valence-corrected chi connectivity index (χ0v) is 14.7. The SMILES string of the molecule is CCCNc1nnc(SCC(=O)NCc2ccc(C(=O)O)cc2)s1. The number of rotatable bonds is 9. The van der Waals surface area contributed by atoms with Crippen LogP contribution in [0.25, 0.3) is 0 Å². The van der Waals surface area contributed by atoms with E-state index >= 15 is 0 Å². The maximum Gasteiger partial charge on any atom is 0.335 e. The van der Waals surface area contributed by atoms with Crippen molar-refractivity contribution in [2.75, 3.05) is 17.6 Å². The Balaban J connectivity index is 1.73. The number of carboxylic acid groups (broad SMARTS) is 1. The highest BCUT2D eigenvalue weighted by Crippen LogP contribution is 2.25. The standard InChI is InChI=1S/C15H18N4O3S2/c1-2-7-16-14-18-19-15(24-14)23-9-12(20)17-8-10-3-5-11(6-4-10)13(21)22/h3-6H,2,7-9H2,1H3,(H,16,18)(H,17,20)(H,21,22). The zero-order valence-electron chi connectivity index (χ0n) is 13.1. The second-order valence-corrected chi connectivity index (χ2v) is 7.07. The highest BCUT2D eigenvalue weighted by Gasteiger charge is 2.08. The zero-order chi connectivity index (χ0) is 17.4. The fraction of sp³-hybridized carbons (Fsp3) is 0.333. The van der Waals surface area contributed by atoms with Crippen LogP contribution in [-0.2, 0) is 11.3 Å². The van der Waals surface area contributed by atoms with Crippen LogP contribution in [0.3, 0.4) is 0 Å². The predicted octanol–water partition coefficient (Wildman–Crippen LogP) is 2.47. The number of aromatic nitrogens is 2. The number of benzene rings is 1. The molecule has 0 aliphatic carbocycles. The van der Waals surface area contributed by atoms with Gasteiger partial charge < -0.3 is 15.7 Å². The average molecular weight is 366 g/mol. The molecular weight excluding hydrogens is 348 g/mol. The number of nitrogens with one attached hydrogen (secondary N) is 2. The molecule has 1 amide bonds. The van der Waals surface area contributed by atoms with Crippen LogP contribution < -0.4 is 10.6 Å². The number of aromatic carboxylic acids is 1. The fourth-order valence-electron chi connectivity index (χ4n) is 1.72. The molecule has 0 unspecified atom stereocenters. The van der Waals surface area contributed by atoms with Crippen LogP contribution in [0.15, 0.2) is 28.6 Å². The molecule has 0 fully saturated rings. The van der Waals surface area contributed by atoms with Gasteiger partial charge in [-0.2, -0.15) is 0 Å². The van der Waals surface area contributed by atoms with Gasteiger partial charge >= 0.3 is 5.97 Å². The maximum absolute atomic E-state index is 11.9. The van der Waals surface area contributed by atoms with E-state index in [2.05, 4.69) is 27.8 Å². The minimum absolute atomic E-state index is 0.111. The second-order valence-electron chi connectivity index (χ2n) is 4.87. The lowest BCUT2D eigenvalue weighted by Gasteiger charge is -2.04. The minimum atomic E-state index is -0.966. The molecule has 0 aliphatic heterocycles. The van der Waals surface area contributed by atoms with Crippen LogP contribution >= 0.6 is 23.1 Å². The molecule has 0 radical (unpaired) electrons. The number of carbonyl (C=O) groups excluding carboxylic acids is 1. The van der Waals surface area contributed by atoms with Crippen molar-refractivity contribution < 1.29 is 14.7 Å². The van der Waals surface area contributed by atoms with E-state index in [4.69, 9.17) is 5.11 Å². The lowest BCUT2D eigenvalue weighted by atomic mass is 10.1. The van der Waals surface area contributed by atoms with Gasteiger partial charge in [-0.05, 0) is 24.1 Å². The third kappa shape index (κ3) is 5.82. The molecule has 0 saturated heterocycles. The number of hydrogen-bond donors (Lipinski definition) is 3. The van der Waals surface area contributed by atoms with Crippen LogP contribution in [0, 0.1) is 0 Å². The third-order valence-corrected chi connectivity index (χ3v) is 4.96. The molecule has 1 aromatic heterocycles. The van der Waals surface area contributed by atoms with Crippen LogP contribution in [0.4, 0.5) is 5.13 Å². The first-order valence-electron chi connectivity index (χ1n) is 7.37. The number of hydrogen-bond acceptors (Lipinski definition) is 7. The lowest BCUT2D eigenvalue weighted by Crippen LogP contribution is -2.24. The molecule has 2 rings (SSSR count). The Morgan fingerprint density at radius 3 is 2.67 bits per heavy atom. The molecule has 3 N–H and O–H groups in total. The Bertz CT molecular complexity index is 688. The molecule has 2 aromatic rings. The van der Waals surface area contributed by atoms with Gasteiger partial charge in [0, 0.05) is 13.1 Å². The van der Waals surface area contributed by atoms with E-state index in [-0.39, 0.29) is 17.2 Å². The summed E-state index contributed by atoms with van der Waals surface area (Å²) in [6.07, 6.45) is 1.01. The van der Waals surface area contributed by atoms with Gasteiger partial charge in [-0.15, -0.1) is 10.2 Å². The van der Waals surface area contributed by atoms with Crippen molar-refractivity contribution in [2.24, 2.45) is 0 Å². The monoisotopic (exact) mass is 366 g/mol. The molecule has 9 heteroatoms. The number of thioether (sulfide) groups is 1. The highest BCUT2D eigenvalue weighted by atomic mass is 32.2. The molecular formula is C15H18N4O3S2. The molecule has 0 spiro atoms. The summed E-state index contributed by atoms with van der Waals surface area (Å²) >= 11 is 2.77. The molecule has 0 bridgehead atoms. The van der Waals surface area contributed by atoms with Gasteiger partial charge in [-0.1, -0.05) is 42.2 Å². The van der Waals surface area contributed by atoms with Crippen LogP contribution in [-0.4, -0.2) is 39.5 Å². The summed E-state index contributed by atoms with van der Waals surface area (Å²) in [7, 11) is 0. The minimum Gasteiger partial charge on any atom is -0.478 e. The number of anilines is 1. The van der Waals surface area contributed by atoms with Crippen molar-refractivity contribution in [1.82, 2.24) is 15.5 Å². The summed E-state index contributed by atoms with van der Waals surface area (Å²) in [6, 6.07) is 6.41. The summed E-state index contributed by atoms with van der Waals surface area (Å²) in [6.45, 7) is 3.28. The van der Waals surface area contributed by atoms with Crippen molar-refractivity contribution in [2.45, 2.75) is 24.2 Å². The third-order valence-electron chi connectivity index (χ3n) is 2.95. The summed E-state index contributed by atoms with van der Waals surface area (Å²) in [5.74, 6) is -0.817. The van der Waals surface area contributed by atoms with E-state index in [9.17, 15) is 9.59 Å². The van der Waals surface area contributed by atoms with Crippen molar-refractivity contribution in [3.05, 3.63) is 35.4 Å². The Morgan fingerprint density at radius 1 is 1.25 bits per heavy atom. The molecule has 0 saturated carbocycles. The van der Waals surface area contributed by atoms with Crippen molar-refractivity contribution in [3.63, 3.8) is 0 Å². The van der Waals surface area contributed by atoms with E-state index in [0.717, 1.165) is 28.0 Å². The predicted molar refractivity (Wildman–Crippen MR) is 94.7 cm³/mol. The fourth-order valence-corrected chi connectivity index (χ4v) is 3.32. The second kappa shape index (κ2) is 9.24. The van der Waals surface area contributed by atoms with E-state index in [1.807, 2.05) is 0 Å².